The van der Waals surface area contributed by atoms with Gasteiger partial charge in [-0.1, -0.05) is 53.2 Å². The molecule has 2 aromatic carbocycles. The Hall–Kier alpha value is -2.32. The van der Waals surface area contributed by atoms with Gasteiger partial charge in [0.15, 0.2) is 5.69 Å². The number of fused-ring (bicyclic) bond motifs is 3. The molecule has 1 N–H and O–H groups in total. The Morgan fingerprint density at radius 2 is 2.07 bits per heavy atom. The summed E-state index contributed by atoms with van der Waals surface area (Å²) in [6.45, 7) is 2.81. The van der Waals surface area contributed by atoms with E-state index in [4.69, 9.17) is 9.47 Å². The van der Waals surface area contributed by atoms with Gasteiger partial charge < -0.3 is 14.8 Å². The fourth-order valence-electron chi connectivity index (χ4n) is 3.05. The van der Waals surface area contributed by atoms with E-state index in [1.807, 2.05) is 48.7 Å². The first-order valence-electron chi connectivity index (χ1n) is 9.43. The summed E-state index contributed by atoms with van der Waals surface area (Å²) in [6, 6.07) is 13.9. The molecule has 1 aromatic heterocycles. The maximum atomic E-state index is 6.32. The second-order valence-corrected chi connectivity index (χ2v) is 8.21. The van der Waals surface area contributed by atoms with Gasteiger partial charge in [-0.05, 0) is 43.0 Å². The number of anilines is 1. The average molecular weight is 473 g/mol. The van der Waals surface area contributed by atoms with Gasteiger partial charge >= 0.3 is 0 Å². The molecular weight excluding hydrogens is 452 g/mol. The van der Waals surface area contributed by atoms with Gasteiger partial charge in [-0.2, -0.15) is 4.98 Å². The number of rotatable bonds is 6. The Morgan fingerprint density at radius 3 is 2.90 bits per heavy atom. The third kappa shape index (κ3) is 4.33. The van der Waals surface area contributed by atoms with Crippen molar-refractivity contribution in [1.82, 2.24) is 15.2 Å². The van der Waals surface area contributed by atoms with Crippen molar-refractivity contribution in [2.45, 2.75) is 31.1 Å². The number of hydrogen-bond acceptors (Lipinski definition) is 7. The van der Waals surface area contributed by atoms with E-state index in [2.05, 4.69) is 43.4 Å². The van der Waals surface area contributed by atoms with E-state index in [9.17, 15) is 0 Å². The minimum absolute atomic E-state index is 0.446. The summed E-state index contributed by atoms with van der Waals surface area (Å²) in [7, 11) is 0. The number of aromatic nitrogens is 3. The van der Waals surface area contributed by atoms with Crippen LogP contribution >= 0.6 is 27.7 Å². The Morgan fingerprint density at radius 1 is 1.21 bits per heavy atom. The van der Waals surface area contributed by atoms with Crippen LogP contribution in [0.2, 0.25) is 0 Å². The van der Waals surface area contributed by atoms with Gasteiger partial charge in [-0.3, -0.25) is 0 Å². The Labute approximate surface area is 182 Å². The van der Waals surface area contributed by atoms with Crippen molar-refractivity contribution in [3.63, 3.8) is 0 Å². The van der Waals surface area contributed by atoms with E-state index in [0.29, 0.717) is 23.3 Å². The zero-order valence-corrected chi connectivity index (χ0v) is 18.6. The molecule has 0 saturated carbocycles. The minimum atomic E-state index is -0.472. The van der Waals surface area contributed by atoms with E-state index >= 15 is 0 Å². The van der Waals surface area contributed by atoms with E-state index in [-0.39, 0.29) is 0 Å². The topological polar surface area (TPSA) is 69.2 Å². The van der Waals surface area contributed by atoms with Gasteiger partial charge in [0.2, 0.25) is 17.3 Å². The highest BCUT2D eigenvalue weighted by molar-refractivity contribution is 9.10. The molecule has 0 amide bonds. The molecule has 6 nitrogen and oxygen atoms in total. The van der Waals surface area contributed by atoms with Crippen LogP contribution < -0.4 is 14.8 Å². The number of unbranched alkanes of at least 4 members (excludes halogenated alkanes) is 1. The van der Waals surface area contributed by atoms with E-state index in [1.165, 1.54) is 11.8 Å². The molecule has 1 atom stereocenters. The summed E-state index contributed by atoms with van der Waals surface area (Å²) in [4.78, 5) is 4.57. The molecular formula is C21H21BrN4O2S. The van der Waals surface area contributed by atoms with Crippen LogP contribution in [0.1, 0.15) is 31.6 Å². The van der Waals surface area contributed by atoms with Gasteiger partial charge in [-0.25, -0.2) is 0 Å². The lowest BCUT2D eigenvalue weighted by Gasteiger charge is -2.22. The molecule has 0 saturated heterocycles. The van der Waals surface area contributed by atoms with Crippen molar-refractivity contribution in [2.75, 3.05) is 18.2 Å². The first-order chi connectivity index (χ1) is 14.2. The van der Waals surface area contributed by atoms with Crippen molar-refractivity contribution in [3.05, 3.63) is 52.5 Å². The van der Waals surface area contributed by atoms with Crippen molar-refractivity contribution in [2.24, 2.45) is 0 Å². The van der Waals surface area contributed by atoms with Gasteiger partial charge in [0, 0.05) is 15.7 Å². The minimum Gasteiger partial charge on any atom is -0.493 e. The number of nitrogens with zero attached hydrogens (tertiary/aromatic N) is 3. The summed E-state index contributed by atoms with van der Waals surface area (Å²) >= 11 is 4.97. The molecule has 0 aliphatic carbocycles. The highest BCUT2D eigenvalue weighted by Crippen LogP contribution is 2.42. The first-order valence-corrected chi connectivity index (χ1v) is 11.4. The quantitative estimate of drug-likeness (QED) is 0.364. The van der Waals surface area contributed by atoms with E-state index in [0.717, 1.165) is 39.9 Å². The number of halogens is 1. The molecule has 8 heteroatoms. The Kier molecular flexibility index (Phi) is 6.20. The zero-order valence-electron chi connectivity index (χ0n) is 16.2. The molecule has 1 aliphatic heterocycles. The molecule has 0 radical (unpaired) electrons. The molecule has 0 unspecified atom stereocenters. The SMILES string of the molecule is CCCCOc1ccccc1[C@H]1Nc2ccc(Br)cc2-c2nnc(SC)nc2O1. The summed E-state index contributed by atoms with van der Waals surface area (Å²) in [5.74, 6) is 1.25. The Bertz CT molecular complexity index is 1020. The van der Waals surface area contributed by atoms with Crippen molar-refractivity contribution < 1.29 is 9.47 Å². The Balaban J connectivity index is 1.78. The van der Waals surface area contributed by atoms with Crippen LogP contribution in [0.25, 0.3) is 11.3 Å². The van der Waals surface area contributed by atoms with Gasteiger partial charge in [0.05, 0.1) is 12.2 Å². The molecule has 2 heterocycles. The van der Waals surface area contributed by atoms with E-state index < -0.39 is 6.23 Å². The van der Waals surface area contributed by atoms with Gasteiger partial charge in [0.25, 0.3) is 0 Å². The normalized spacial score (nSPS) is 14.8. The lowest BCUT2D eigenvalue weighted by Crippen LogP contribution is -2.18. The van der Waals surface area contributed by atoms with E-state index in [1.54, 1.807) is 0 Å². The highest BCUT2D eigenvalue weighted by Gasteiger charge is 2.28. The largest absolute Gasteiger partial charge is 0.493 e. The molecule has 1 aliphatic rings. The third-order valence-corrected chi connectivity index (χ3v) is 5.56. The van der Waals surface area contributed by atoms with Crippen LogP contribution in [0.15, 0.2) is 52.1 Å². The highest BCUT2D eigenvalue weighted by atomic mass is 79.9. The third-order valence-electron chi connectivity index (χ3n) is 4.53. The smallest absolute Gasteiger partial charge is 0.247 e. The second kappa shape index (κ2) is 9.00. The fraction of sp³-hybridized carbons (Fsp3) is 0.286. The summed E-state index contributed by atoms with van der Waals surface area (Å²) in [6.07, 6.45) is 3.52. The van der Waals surface area contributed by atoms with Gasteiger partial charge in [-0.15, -0.1) is 10.2 Å². The van der Waals surface area contributed by atoms with Crippen LogP contribution in [-0.4, -0.2) is 28.0 Å². The molecule has 0 spiro atoms. The lowest BCUT2D eigenvalue weighted by atomic mass is 10.1. The summed E-state index contributed by atoms with van der Waals surface area (Å²) in [5, 5.41) is 12.6. The lowest BCUT2D eigenvalue weighted by molar-refractivity contribution is 0.215. The van der Waals surface area contributed by atoms with Crippen molar-refractivity contribution >= 4 is 33.4 Å². The van der Waals surface area contributed by atoms with Crippen LogP contribution in [0.3, 0.4) is 0 Å². The second-order valence-electron chi connectivity index (χ2n) is 6.52. The predicted molar refractivity (Wildman–Crippen MR) is 119 cm³/mol. The number of hydrogen-bond donors (Lipinski definition) is 1. The zero-order chi connectivity index (χ0) is 20.2. The van der Waals surface area contributed by atoms with Crippen LogP contribution in [0.5, 0.6) is 11.6 Å². The standard InChI is InChI=1S/C21H21BrN4O2S/c1-3-4-11-27-17-8-6-5-7-14(17)19-23-16-10-9-13(22)12-15(16)18-20(28-19)24-21(29-2)26-25-18/h5-10,12,19,23H,3-4,11H2,1-2H3/t19-/m0/s1. The molecule has 0 fully saturated rings. The molecule has 150 valence electrons. The fourth-order valence-corrected chi connectivity index (χ4v) is 3.71. The number of para-hydroxylation sites is 1. The van der Waals surface area contributed by atoms with Crippen molar-refractivity contribution in [1.29, 1.82) is 0 Å². The maximum Gasteiger partial charge on any atom is 0.247 e. The molecule has 29 heavy (non-hydrogen) atoms. The van der Waals surface area contributed by atoms with Crippen molar-refractivity contribution in [3.8, 4) is 22.9 Å². The number of ether oxygens (including phenoxy) is 2. The number of thioether (sulfide) groups is 1. The van der Waals surface area contributed by atoms with Crippen LogP contribution in [-0.2, 0) is 0 Å². The monoisotopic (exact) mass is 472 g/mol. The summed E-state index contributed by atoms with van der Waals surface area (Å²) in [5.41, 5.74) is 3.30. The number of benzene rings is 2. The summed E-state index contributed by atoms with van der Waals surface area (Å²) < 4.78 is 13.3. The maximum absolute atomic E-state index is 6.32. The van der Waals surface area contributed by atoms with Crippen LogP contribution in [0.4, 0.5) is 5.69 Å². The molecule has 4 rings (SSSR count). The average Bonchev–Trinajstić information content (AvgIpc) is 2.90. The van der Waals surface area contributed by atoms with Gasteiger partial charge in [0.1, 0.15) is 5.75 Å². The predicted octanol–water partition coefficient (Wildman–Crippen LogP) is 5.71. The van der Waals surface area contributed by atoms with Crippen LogP contribution in [0, 0.1) is 0 Å². The number of nitrogens with one attached hydrogen (secondary N) is 1. The molecule has 0 bridgehead atoms. The molecule has 3 aromatic rings. The first kappa shape index (κ1) is 20.0.